The summed E-state index contributed by atoms with van der Waals surface area (Å²) in [6.45, 7) is 3.44. The maximum atomic E-state index is 13.5. The van der Waals surface area contributed by atoms with E-state index in [4.69, 9.17) is 5.73 Å². The Morgan fingerprint density at radius 2 is 1.94 bits per heavy atom. The van der Waals surface area contributed by atoms with Crippen LogP contribution in [0, 0.1) is 11.6 Å². The van der Waals surface area contributed by atoms with E-state index in [-0.39, 0.29) is 5.56 Å². The highest BCUT2D eigenvalue weighted by molar-refractivity contribution is 5.81. The zero-order chi connectivity index (χ0) is 13.7. The van der Waals surface area contributed by atoms with Crippen LogP contribution in [0.3, 0.4) is 0 Å². The molecule has 1 aromatic rings. The number of nitrogens with two attached hydrogens (primary N) is 1. The van der Waals surface area contributed by atoms with Gasteiger partial charge in [-0.25, -0.2) is 8.78 Å². The fraction of sp³-hybridized carbons (Fsp3) is 0.462. The van der Waals surface area contributed by atoms with Crippen molar-refractivity contribution >= 4 is 5.91 Å². The van der Waals surface area contributed by atoms with E-state index in [2.05, 4.69) is 5.32 Å². The van der Waals surface area contributed by atoms with Crippen molar-refractivity contribution in [3.8, 4) is 0 Å². The number of rotatable bonds is 5. The maximum absolute atomic E-state index is 13.5. The second-order valence-electron chi connectivity index (χ2n) is 4.26. The average molecular weight is 256 g/mol. The molecule has 0 spiro atoms. The minimum absolute atomic E-state index is 0.144. The Balaban J connectivity index is 2.76. The molecule has 0 heterocycles. The molecule has 0 saturated carbocycles. The van der Waals surface area contributed by atoms with Crippen LogP contribution >= 0.6 is 0 Å². The van der Waals surface area contributed by atoms with Gasteiger partial charge in [0.15, 0.2) is 0 Å². The van der Waals surface area contributed by atoms with E-state index in [9.17, 15) is 13.6 Å². The van der Waals surface area contributed by atoms with E-state index in [1.807, 2.05) is 6.92 Å². The van der Waals surface area contributed by atoms with Crippen molar-refractivity contribution in [2.45, 2.75) is 38.8 Å². The minimum atomic E-state index is -0.749. The van der Waals surface area contributed by atoms with Crippen molar-refractivity contribution in [2.75, 3.05) is 0 Å². The second-order valence-corrected chi connectivity index (χ2v) is 4.26. The molecule has 1 rings (SSSR count). The highest BCUT2D eigenvalue weighted by Crippen LogP contribution is 2.20. The fourth-order valence-electron chi connectivity index (χ4n) is 1.76. The molecule has 0 fully saturated rings. The molecule has 18 heavy (non-hydrogen) atoms. The molecule has 0 radical (unpaired) electrons. The Kier molecular flexibility index (Phi) is 5.22. The predicted octanol–water partition coefficient (Wildman–Crippen LogP) is 2.27. The Morgan fingerprint density at radius 1 is 1.39 bits per heavy atom. The molecule has 1 aromatic carbocycles. The van der Waals surface area contributed by atoms with Crippen LogP contribution in [0.5, 0.6) is 0 Å². The summed E-state index contributed by atoms with van der Waals surface area (Å²) in [5.41, 5.74) is 5.49. The average Bonchev–Trinajstić information content (AvgIpc) is 2.28. The standard InChI is InChI=1S/C13H18F2N2O/c1-3-5-11(16)13(18)17-8(2)12-9(14)6-4-7-10(12)15/h4,6-8,11H,3,5,16H2,1-2H3,(H,17,18)/t8?,11-/m1/s1. The van der Waals surface area contributed by atoms with Crippen LogP contribution in [0.4, 0.5) is 8.78 Å². The van der Waals surface area contributed by atoms with Gasteiger partial charge in [-0.2, -0.15) is 0 Å². The molecule has 0 aromatic heterocycles. The number of halogens is 2. The largest absolute Gasteiger partial charge is 0.348 e. The summed E-state index contributed by atoms with van der Waals surface area (Å²) < 4.78 is 27.0. The van der Waals surface area contributed by atoms with Crippen LogP contribution in [0.25, 0.3) is 0 Å². The van der Waals surface area contributed by atoms with Gasteiger partial charge in [-0.3, -0.25) is 4.79 Å². The molecular formula is C13H18F2N2O. The van der Waals surface area contributed by atoms with Gasteiger partial charge in [0, 0.05) is 5.56 Å². The third-order valence-electron chi connectivity index (χ3n) is 2.73. The lowest BCUT2D eigenvalue weighted by molar-refractivity contribution is -0.123. The second kappa shape index (κ2) is 6.44. The van der Waals surface area contributed by atoms with E-state index < -0.39 is 29.6 Å². The van der Waals surface area contributed by atoms with Crippen LogP contribution in [0.2, 0.25) is 0 Å². The first kappa shape index (κ1) is 14.6. The quantitative estimate of drug-likeness (QED) is 0.849. The lowest BCUT2D eigenvalue weighted by Gasteiger charge is -2.18. The lowest BCUT2D eigenvalue weighted by Crippen LogP contribution is -2.41. The van der Waals surface area contributed by atoms with E-state index in [0.29, 0.717) is 6.42 Å². The Morgan fingerprint density at radius 3 is 2.44 bits per heavy atom. The summed E-state index contributed by atoms with van der Waals surface area (Å²) in [4.78, 5) is 11.7. The van der Waals surface area contributed by atoms with Gasteiger partial charge in [0.1, 0.15) is 11.6 Å². The molecule has 1 amide bonds. The Labute approximate surface area is 105 Å². The molecule has 0 aliphatic rings. The van der Waals surface area contributed by atoms with Gasteiger partial charge >= 0.3 is 0 Å². The van der Waals surface area contributed by atoms with Crippen molar-refractivity contribution in [1.82, 2.24) is 5.32 Å². The SMILES string of the molecule is CCC[C@@H](N)C(=O)NC(C)c1c(F)cccc1F. The summed E-state index contributed by atoms with van der Waals surface area (Å²) in [6.07, 6.45) is 1.31. The molecule has 0 bridgehead atoms. The molecule has 0 aliphatic carbocycles. The topological polar surface area (TPSA) is 55.1 Å². The first-order chi connectivity index (χ1) is 8.47. The lowest BCUT2D eigenvalue weighted by atomic mass is 10.1. The van der Waals surface area contributed by atoms with Gasteiger partial charge in [-0.05, 0) is 25.5 Å². The first-order valence-electron chi connectivity index (χ1n) is 5.97. The Bertz CT molecular complexity index is 403. The van der Waals surface area contributed by atoms with Crippen molar-refractivity contribution in [3.63, 3.8) is 0 Å². The van der Waals surface area contributed by atoms with Crippen molar-refractivity contribution in [3.05, 3.63) is 35.4 Å². The monoisotopic (exact) mass is 256 g/mol. The van der Waals surface area contributed by atoms with Crippen LogP contribution in [0.15, 0.2) is 18.2 Å². The smallest absolute Gasteiger partial charge is 0.237 e. The summed E-state index contributed by atoms with van der Waals surface area (Å²) in [5.74, 6) is -1.74. The van der Waals surface area contributed by atoms with E-state index in [1.54, 1.807) is 0 Å². The van der Waals surface area contributed by atoms with Gasteiger partial charge in [0.2, 0.25) is 5.91 Å². The normalized spacial score (nSPS) is 14.1. The minimum Gasteiger partial charge on any atom is -0.348 e. The molecule has 2 atom stereocenters. The molecular weight excluding hydrogens is 238 g/mol. The Hall–Kier alpha value is -1.49. The zero-order valence-electron chi connectivity index (χ0n) is 10.5. The molecule has 3 nitrogen and oxygen atoms in total. The number of hydrogen-bond donors (Lipinski definition) is 2. The molecule has 5 heteroatoms. The number of carbonyl (C=O) groups is 1. The van der Waals surface area contributed by atoms with Gasteiger partial charge < -0.3 is 11.1 Å². The van der Waals surface area contributed by atoms with Gasteiger partial charge in [0.05, 0.1) is 12.1 Å². The zero-order valence-corrected chi connectivity index (χ0v) is 10.5. The first-order valence-corrected chi connectivity index (χ1v) is 5.97. The summed E-state index contributed by atoms with van der Waals surface area (Å²) in [7, 11) is 0. The number of nitrogens with one attached hydrogen (secondary N) is 1. The highest BCUT2D eigenvalue weighted by Gasteiger charge is 2.20. The summed E-state index contributed by atoms with van der Waals surface area (Å²) in [5, 5.41) is 2.52. The van der Waals surface area contributed by atoms with E-state index in [0.717, 1.165) is 18.6 Å². The fourth-order valence-corrected chi connectivity index (χ4v) is 1.76. The van der Waals surface area contributed by atoms with E-state index >= 15 is 0 Å². The number of benzene rings is 1. The number of amides is 1. The van der Waals surface area contributed by atoms with E-state index in [1.165, 1.54) is 13.0 Å². The highest BCUT2D eigenvalue weighted by atomic mass is 19.1. The molecule has 0 aliphatic heterocycles. The summed E-state index contributed by atoms with van der Waals surface area (Å²) in [6, 6.07) is 2.21. The van der Waals surface area contributed by atoms with Crippen LogP contribution in [-0.4, -0.2) is 11.9 Å². The van der Waals surface area contributed by atoms with Crippen LogP contribution in [-0.2, 0) is 4.79 Å². The van der Waals surface area contributed by atoms with Gasteiger partial charge in [-0.15, -0.1) is 0 Å². The maximum Gasteiger partial charge on any atom is 0.237 e. The molecule has 1 unspecified atom stereocenters. The number of carbonyl (C=O) groups excluding carboxylic acids is 1. The van der Waals surface area contributed by atoms with Crippen molar-refractivity contribution < 1.29 is 13.6 Å². The number of hydrogen-bond acceptors (Lipinski definition) is 2. The van der Waals surface area contributed by atoms with Gasteiger partial charge in [-0.1, -0.05) is 19.4 Å². The van der Waals surface area contributed by atoms with Crippen LogP contribution in [0.1, 0.15) is 38.3 Å². The third kappa shape index (κ3) is 3.50. The third-order valence-corrected chi connectivity index (χ3v) is 2.73. The van der Waals surface area contributed by atoms with Crippen molar-refractivity contribution in [1.29, 1.82) is 0 Å². The van der Waals surface area contributed by atoms with Crippen LogP contribution < -0.4 is 11.1 Å². The molecule has 0 saturated heterocycles. The van der Waals surface area contributed by atoms with Crippen molar-refractivity contribution in [2.24, 2.45) is 5.73 Å². The molecule has 100 valence electrons. The van der Waals surface area contributed by atoms with Gasteiger partial charge in [0.25, 0.3) is 0 Å². The predicted molar refractivity (Wildman–Crippen MR) is 65.8 cm³/mol. The molecule has 3 N–H and O–H groups in total. The summed E-state index contributed by atoms with van der Waals surface area (Å²) >= 11 is 0.